The maximum atomic E-state index is 14.1. The molecule has 0 heterocycles. The van der Waals surface area contributed by atoms with Crippen molar-refractivity contribution in [3.05, 3.63) is 88.9 Å². The van der Waals surface area contributed by atoms with Crippen molar-refractivity contribution in [2.24, 2.45) is 0 Å². The highest BCUT2D eigenvalue weighted by Crippen LogP contribution is 2.27. The number of hydrogen-bond donors (Lipinski definition) is 1. The second-order valence-corrected chi connectivity index (χ2v) is 12.8. The molecule has 8 nitrogen and oxygen atoms in total. The molecule has 0 unspecified atom stereocenters. The third kappa shape index (κ3) is 7.63. The summed E-state index contributed by atoms with van der Waals surface area (Å²) in [6.45, 7) is 5.37. The molecule has 1 fully saturated rings. The number of carbonyl (C=O) groups excluding carboxylic acids is 2. The lowest BCUT2D eigenvalue weighted by atomic mass is 10.1. The number of aryl methyl sites for hydroxylation is 1. The van der Waals surface area contributed by atoms with Crippen LogP contribution in [0, 0.1) is 6.92 Å². The molecule has 42 heavy (non-hydrogen) atoms. The van der Waals surface area contributed by atoms with Crippen molar-refractivity contribution < 1.29 is 22.7 Å². The Morgan fingerprint density at radius 1 is 1.00 bits per heavy atom. The summed E-state index contributed by atoms with van der Waals surface area (Å²) in [5.41, 5.74) is 1.86. The fourth-order valence-corrected chi connectivity index (χ4v) is 6.64. The minimum atomic E-state index is -4.15. The zero-order valence-corrected chi connectivity index (χ0v) is 25.8. The van der Waals surface area contributed by atoms with E-state index in [0.29, 0.717) is 28.6 Å². The van der Waals surface area contributed by atoms with E-state index in [1.807, 2.05) is 13.8 Å². The maximum absolute atomic E-state index is 14.1. The largest absolute Gasteiger partial charge is 0.494 e. The van der Waals surface area contributed by atoms with E-state index in [9.17, 15) is 18.0 Å². The summed E-state index contributed by atoms with van der Waals surface area (Å²) in [6, 6.07) is 19.3. The fourth-order valence-electron chi connectivity index (χ4n) is 5.03. The lowest BCUT2D eigenvalue weighted by Crippen LogP contribution is -2.52. The molecule has 0 spiro atoms. The third-order valence-electron chi connectivity index (χ3n) is 7.49. The van der Waals surface area contributed by atoms with E-state index in [2.05, 4.69) is 5.32 Å². The standard InChI is InChI=1S/C32H38ClN3O5S/c1-4-41-28-17-15-27(16-18-28)36(42(39,40)29-19-13-23(2)14-20-29)22-31(37)35(21-25-9-5-8-12-30(25)33)24(3)32(38)34-26-10-6-7-11-26/h5,8-9,12-20,24,26H,4,6-7,10-11,21-22H2,1-3H3,(H,34,38)/t24-/m0/s1. The van der Waals surface area contributed by atoms with Crippen LogP contribution in [0.3, 0.4) is 0 Å². The molecule has 0 bridgehead atoms. The van der Waals surface area contributed by atoms with Gasteiger partial charge < -0.3 is 15.0 Å². The molecule has 2 amide bonds. The number of ether oxygens (including phenoxy) is 1. The first-order valence-corrected chi connectivity index (χ1v) is 16.1. The van der Waals surface area contributed by atoms with E-state index >= 15 is 0 Å². The number of sulfonamides is 1. The summed E-state index contributed by atoms with van der Waals surface area (Å²) in [7, 11) is -4.15. The van der Waals surface area contributed by atoms with Crippen LogP contribution >= 0.6 is 11.6 Å². The molecule has 0 aromatic heterocycles. The van der Waals surface area contributed by atoms with Gasteiger partial charge in [0.05, 0.1) is 17.2 Å². The molecule has 1 aliphatic carbocycles. The molecule has 0 aliphatic heterocycles. The van der Waals surface area contributed by atoms with Crippen molar-refractivity contribution in [1.29, 1.82) is 0 Å². The molecule has 1 N–H and O–H groups in total. The van der Waals surface area contributed by atoms with Crippen LogP contribution in [-0.4, -0.2) is 50.4 Å². The highest BCUT2D eigenvalue weighted by Gasteiger charge is 2.33. The maximum Gasteiger partial charge on any atom is 0.264 e. The number of nitrogens with zero attached hydrogens (tertiary/aromatic N) is 2. The van der Waals surface area contributed by atoms with E-state index in [4.69, 9.17) is 16.3 Å². The molecule has 10 heteroatoms. The molecule has 3 aromatic rings. The van der Waals surface area contributed by atoms with Gasteiger partial charge in [0.1, 0.15) is 18.3 Å². The fraction of sp³-hybridized carbons (Fsp3) is 0.375. The predicted octanol–water partition coefficient (Wildman–Crippen LogP) is 5.72. The van der Waals surface area contributed by atoms with E-state index in [-0.39, 0.29) is 23.4 Å². The van der Waals surface area contributed by atoms with Crippen molar-refractivity contribution in [2.45, 2.75) is 70.0 Å². The van der Waals surface area contributed by atoms with Crippen LogP contribution in [0.5, 0.6) is 5.75 Å². The second-order valence-electron chi connectivity index (χ2n) is 10.5. The Kier molecular flexibility index (Phi) is 10.5. The Morgan fingerprint density at radius 3 is 2.26 bits per heavy atom. The van der Waals surface area contributed by atoms with Gasteiger partial charge in [0.2, 0.25) is 11.8 Å². The van der Waals surface area contributed by atoms with Crippen molar-refractivity contribution in [2.75, 3.05) is 17.5 Å². The zero-order chi connectivity index (χ0) is 30.3. The van der Waals surface area contributed by atoms with Crippen molar-refractivity contribution in [1.82, 2.24) is 10.2 Å². The van der Waals surface area contributed by atoms with E-state index in [1.165, 1.54) is 17.0 Å². The Morgan fingerprint density at radius 2 is 1.64 bits per heavy atom. The molecule has 1 atom stereocenters. The zero-order valence-electron chi connectivity index (χ0n) is 24.3. The molecule has 224 valence electrons. The Labute approximate surface area is 253 Å². The van der Waals surface area contributed by atoms with Crippen molar-refractivity contribution >= 4 is 39.1 Å². The first kappa shape index (κ1) is 31.4. The lowest BCUT2D eigenvalue weighted by Gasteiger charge is -2.32. The van der Waals surface area contributed by atoms with Crippen LogP contribution in [0.25, 0.3) is 0 Å². The monoisotopic (exact) mass is 611 g/mol. The normalized spacial score (nSPS) is 14.3. The highest BCUT2D eigenvalue weighted by molar-refractivity contribution is 7.92. The Bertz CT molecular complexity index is 1470. The SMILES string of the molecule is CCOc1ccc(N(CC(=O)N(Cc2ccccc2Cl)[C@@H](C)C(=O)NC2CCCC2)S(=O)(=O)c2ccc(C)cc2)cc1. The minimum Gasteiger partial charge on any atom is -0.494 e. The summed E-state index contributed by atoms with van der Waals surface area (Å²) in [5, 5.41) is 3.52. The molecule has 1 aliphatic rings. The smallest absolute Gasteiger partial charge is 0.264 e. The van der Waals surface area contributed by atoms with Crippen LogP contribution in [-0.2, 0) is 26.2 Å². The van der Waals surface area contributed by atoms with Crippen LogP contribution in [0.2, 0.25) is 5.02 Å². The van der Waals surface area contributed by atoms with Gasteiger partial charge in [0, 0.05) is 17.6 Å². The summed E-state index contributed by atoms with van der Waals surface area (Å²) >= 11 is 6.45. The van der Waals surface area contributed by atoms with Gasteiger partial charge in [-0.2, -0.15) is 0 Å². The van der Waals surface area contributed by atoms with E-state index < -0.39 is 28.5 Å². The van der Waals surface area contributed by atoms with Gasteiger partial charge in [-0.25, -0.2) is 8.42 Å². The van der Waals surface area contributed by atoms with Crippen LogP contribution in [0.15, 0.2) is 77.7 Å². The van der Waals surface area contributed by atoms with Gasteiger partial charge in [-0.3, -0.25) is 13.9 Å². The number of rotatable bonds is 12. The first-order chi connectivity index (χ1) is 20.1. The number of carbonyl (C=O) groups is 2. The second kappa shape index (κ2) is 14.1. The molecule has 0 radical (unpaired) electrons. The van der Waals surface area contributed by atoms with Crippen LogP contribution < -0.4 is 14.4 Å². The number of amides is 2. The van der Waals surface area contributed by atoms with Gasteiger partial charge in [0.15, 0.2) is 0 Å². The van der Waals surface area contributed by atoms with Crippen molar-refractivity contribution in [3.8, 4) is 5.75 Å². The molecule has 4 rings (SSSR count). The number of nitrogens with one attached hydrogen (secondary N) is 1. The summed E-state index contributed by atoms with van der Waals surface area (Å²) in [5.74, 6) is -0.234. The van der Waals surface area contributed by atoms with Gasteiger partial charge >= 0.3 is 0 Å². The van der Waals surface area contributed by atoms with Gasteiger partial charge in [-0.1, -0.05) is 60.3 Å². The van der Waals surface area contributed by atoms with E-state index in [0.717, 1.165) is 35.6 Å². The predicted molar refractivity (Wildman–Crippen MR) is 165 cm³/mol. The van der Waals surface area contributed by atoms with Gasteiger partial charge in [0.25, 0.3) is 10.0 Å². The molecule has 0 saturated heterocycles. The Balaban J connectivity index is 1.69. The minimum absolute atomic E-state index is 0.0411. The van der Waals surface area contributed by atoms with Gasteiger partial charge in [-0.05, 0) is 81.6 Å². The molecular weight excluding hydrogens is 574 g/mol. The number of halogens is 1. The molecule has 1 saturated carbocycles. The summed E-state index contributed by atoms with van der Waals surface area (Å²) in [6.07, 6.45) is 3.90. The average molecular weight is 612 g/mol. The van der Waals surface area contributed by atoms with Crippen LogP contribution in [0.4, 0.5) is 5.69 Å². The average Bonchev–Trinajstić information content (AvgIpc) is 3.49. The Hall–Kier alpha value is -3.56. The number of anilines is 1. The topological polar surface area (TPSA) is 96.0 Å². The highest BCUT2D eigenvalue weighted by atomic mass is 35.5. The molecular formula is C32H38ClN3O5S. The van der Waals surface area contributed by atoms with Crippen molar-refractivity contribution in [3.63, 3.8) is 0 Å². The number of hydrogen-bond acceptors (Lipinski definition) is 5. The van der Waals surface area contributed by atoms with Crippen LogP contribution in [0.1, 0.15) is 50.7 Å². The first-order valence-electron chi connectivity index (χ1n) is 14.3. The molecule has 3 aromatic carbocycles. The number of benzene rings is 3. The lowest BCUT2D eigenvalue weighted by molar-refractivity contribution is -0.139. The van der Waals surface area contributed by atoms with Gasteiger partial charge in [-0.15, -0.1) is 0 Å². The summed E-state index contributed by atoms with van der Waals surface area (Å²) < 4.78 is 34.6. The van der Waals surface area contributed by atoms with E-state index in [1.54, 1.807) is 67.6 Å². The third-order valence-corrected chi connectivity index (χ3v) is 9.65. The summed E-state index contributed by atoms with van der Waals surface area (Å²) in [4.78, 5) is 28.9. The quantitative estimate of drug-likeness (QED) is 0.283.